The summed E-state index contributed by atoms with van der Waals surface area (Å²) in [6.45, 7) is 3.78. The lowest BCUT2D eigenvalue weighted by Gasteiger charge is -2.29. The minimum atomic E-state index is -4.05. The predicted octanol–water partition coefficient (Wildman–Crippen LogP) is -0.490. The number of nitrogens with zero attached hydrogens (tertiary/aromatic N) is 1. The van der Waals surface area contributed by atoms with Gasteiger partial charge in [-0.15, -0.1) is 0 Å². The van der Waals surface area contributed by atoms with E-state index >= 15 is 0 Å². The topological polar surface area (TPSA) is 113 Å². The van der Waals surface area contributed by atoms with E-state index in [9.17, 15) is 4.57 Å². The molecular formula is C8H22N3O3P. The second-order valence-electron chi connectivity index (χ2n) is 3.54. The third-order valence-electron chi connectivity index (χ3n) is 2.31. The summed E-state index contributed by atoms with van der Waals surface area (Å²) in [6.07, 6.45) is 1.46. The molecule has 1 atom stereocenters. The van der Waals surface area contributed by atoms with E-state index in [1.807, 2.05) is 0 Å². The molecule has 0 aromatic carbocycles. The van der Waals surface area contributed by atoms with Gasteiger partial charge in [-0.05, 0) is 32.9 Å². The van der Waals surface area contributed by atoms with Gasteiger partial charge in [0, 0.05) is 13.1 Å². The molecule has 0 rings (SSSR count). The molecule has 0 fully saturated rings. The molecule has 0 aliphatic heterocycles. The third kappa shape index (κ3) is 6.25. The van der Waals surface area contributed by atoms with Gasteiger partial charge < -0.3 is 21.3 Å². The zero-order chi connectivity index (χ0) is 11.9. The van der Waals surface area contributed by atoms with Crippen molar-refractivity contribution in [2.45, 2.75) is 25.5 Å². The van der Waals surface area contributed by atoms with E-state index < -0.39 is 13.4 Å². The molecule has 0 aromatic heterocycles. The van der Waals surface area contributed by atoms with Crippen LogP contribution < -0.4 is 11.5 Å². The second kappa shape index (κ2) is 7.33. The molecule has 0 aliphatic carbocycles. The first-order valence-electron chi connectivity index (χ1n) is 5.13. The van der Waals surface area contributed by atoms with Gasteiger partial charge in [-0.2, -0.15) is 0 Å². The summed E-state index contributed by atoms with van der Waals surface area (Å²) >= 11 is 0. The van der Waals surface area contributed by atoms with Crippen molar-refractivity contribution < 1.29 is 14.4 Å². The van der Waals surface area contributed by atoms with Crippen molar-refractivity contribution >= 4 is 7.60 Å². The van der Waals surface area contributed by atoms with Gasteiger partial charge in [-0.1, -0.05) is 0 Å². The van der Waals surface area contributed by atoms with Crippen LogP contribution in [0.3, 0.4) is 0 Å². The van der Waals surface area contributed by atoms with Crippen molar-refractivity contribution in [3.05, 3.63) is 0 Å². The van der Waals surface area contributed by atoms with Crippen molar-refractivity contribution in [2.24, 2.45) is 11.5 Å². The van der Waals surface area contributed by atoms with Gasteiger partial charge in [0.2, 0.25) is 0 Å². The average Bonchev–Trinajstić information content (AvgIpc) is 2.16. The molecule has 1 unspecified atom stereocenters. The van der Waals surface area contributed by atoms with Crippen LogP contribution in [0.25, 0.3) is 0 Å². The molecule has 0 radical (unpaired) electrons. The van der Waals surface area contributed by atoms with Gasteiger partial charge in [0.15, 0.2) is 0 Å². The third-order valence-corrected chi connectivity index (χ3v) is 3.61. The molecule has 0 aliphatic rings. The Morgan fingerprint density at radius 3 is 1.87 bits per heavy atom. The summed E-state index contributed by atoms with van der Waals surface area (Å²) in [7, 11) is -4.05. The Bertz CT molecular complexity index is 201. The summed E-state index contributed by atoms with van der Waals surface area (Å²) in [4.78, 5) is 19.9. The molecule has 92 valence electrons. The molecule has 15 heavy (non-hydrogen) atoms. The van der Waals surface area contributed by atoms with E-state index in [4.69, 9.17) is 21.3 Å². The van der Waals surface area contributed by atoms with Gasteiger partial charge in [-0.3, -0.25) is 9.46 Å². The summed E-state index contributed by atoms with van der Waals surface area (Å²) in [5.74, 6) is -0.754. The standard InChI is InChI=1S/C8H22N3O3P/c1-8(15(12,13)14)11(6-2-4-9)7-3-5-10/h8H,2-7,9-10H2,1H3,(H2,12,13,14). The van der Waals surface area contributed by atoms with Gasteiger partial charge in [-0.25, -0.2) is 0 Å². The molecule has 0 amide bonds. The van der Waals surface area contributed by atoms with Crippen molar-refractivity contribution in [2.75, 3.05) is 26.2 Å². The van der Waals surface area contributed by atoms with Crippen LogP contribution in [0.15, 0.2) is 0 Å². The maximum Gasteiger partial charge on any atom is 0.342 e. The minimum absolute atomic E-state index is 0.521. The maximum absolute atomic E-state index is 11.1. The van der Waals surface area contributed by atoms with Crippen LogP contribution in [0.4, 0.5) is 0 Å². The fourth-order valence-corrected chi connectivity index (χ4v) is 1.94. The minimum Gasteiger partial charge on any atom is -0.330 e. The highest BCUT2D eigenvalue weighted by Crippen LogP contribution is 2.42. The highest BCUT2D eigenvalue weighted by atomic mass is 31.2. The van der Waals surface area contributed by atoms with E-state index in [-0.39, 0.29) is 0 Å². The van der Waals surface area contributed by atoms with Crippen molar-refractivity contribution in [1.82, 2.24) is 4.90 Å². The Kier molecular flexibility index (Phi) is 7.34. The lowest BCUT2D eigenvalue weighted by atomic mass is 10.3. The first-order valence-corrected chi connectivity index (χ1v) is 6.81. The van der Waals surface area contributed by atoms with Crippen molar-refractivity contribution in [3.63, 3.8) is 0 Å². The average molecular weight is 239 g/mol. The largest absolute Gasteiger partial charge is 0.342 e. The Morgan fingerprint density at radius 2 is 1.60 bits per heavy atom. The quantitative estimate of drug-likeness (QED) is 0.425. The summed E-state index contributed by atoms with van der Waals surface area (Å²) < 4.78 is 11.1. The lowest BCUT2D eigenvalue weighted by molar-refractivity contribution is 0.220. The van der Waals surface area contributed by atoms with Gasteiger partial charge in [0.25, 0.3) is 0 Å². The van der Waals surface area contributed by atoms with E-state index in [0.717, 1.165) is 12.8 Å². The van der Waals surface area contributed by atoms with Gasteiger partial charge in [0.1, 0.15) is 5.78 Å². The molecule has 0 bridgehead atoms. The first kappa shape index (κ1) is 15.0. The van der Waals surface area contributed by atoms with E-state index in [1.165, 1.54) is 6.92 Å². The predicted molar refractivity (Wildman–Crippen MR) is 60.4 cm³/mol. The van der Waals surface area contributed by atoms with Crippen LogP contribution >= 0.6 is 7.60 Å². The number of rotatable bonds is 8. The molecule has 6 N–H and O–H groups in total. The molecule has 6 nitrogen and oxygen atoms in total. The number of hydrogen-bond acceptors (Lipinski definition) is 4. The van der Waals surface area contributed by atoms with E-state index in [1.54, 1.807) is 4.90 Å². The van der Waals surface area contributed by atoms with Crippen molar-refractivity contribution in [1.29, 1.82) is 0 Å². The Hall–Kier alpha value is 0.0300. The number of hydrogen-bond donors (Lipinski definition) is 4. The molecule has 0 heterocycles. The summed E-state index contributed by atoms with van der Waals surface area (Å²) in [6, 6.07) is 0. The molecule has 0 saturated heterocycles. The first-order chi connectivity index (χ1) is 6.93. The highest BCUT2D eigenvalue weighted by molar-refractivity contribution is 7.52. The molecule has 7 heteroatoms. The molecule has 0 saturated carbocycles. The molecule has 0 aromatic rings. The Balaban J connectivity index is 4.26. The Morgan fingerprint density at radius 1 is 1.20 bits per heavy atom. The van der Waals surface area contributed by atoms with Crippen molar-refractivity contribution in [3.8, 4) is 0 Å². The zero-order valence-electron chi connectivity index (χ0n) is 9.17. The fraction of sp³-hybridized carbons (Fsp3) is 1.00. The van der Waals surface area contributed by atoms with E-state index in [2.05, 4.69) is 0 Å². The molecular weight excluding hydrogens is 217 g/mol. The monoisotopic (exact) mass is 239 g/mol. The van der Waals surface area contributed by atoms with Crippen LogP contribution in [0.2, 0.25) is 0 Å². The SMILES string of the molecule is CC(N(CCCN)CCCN)P(=O)(O)O. The lowest BCUT2D eigenvalue weighted by Crippen LogP contribution is -2.36. The zero-order valence-corrected chi connectivity index (χ0v) is 10.1. The van der Waals surface area contributed by atoms with E-state index in [0.29, 0.717) is 26.2 Å². The Labute approximate surface area is 90.8 Å². The highest BCUT2D eigenvalue weighted by Gasteiger charge is 2.29. The van der Waals surface area contributed by atoms with Crippen LogP contribution in [-0.2, 0) is 4.57 Å². The van der Waals surface area contributed by atoms with Crippen LogP contribution in [0.1, 0.15) is 19.8 Å². The van der Waals surface area contributed by atoms with Crippen LogP contribution in [0, 0.1) is 0 Å². The smallest absolute Gasteiger partial charge is 0.330 e. The van der Waals surface area contributed by atoms with Crippen LogP contribution in [-0.4, -0.2) is 46.6 Å². The fourth-order valence-electron chi connectivity index (χ4n) is 1.29. The number of nitrogens with two attached hydrogens (primary N) is 2. The maximum atomic E-state index is 11.1. The van der Waals surface area contributed by atoms with Gasteiger partial charge >= 0.3 is 7.60 Å². The summed E-state index contributed by atoms with van der Waals surface area (Å²) in [5.41, 5.74) is 10.7. The second-order valence-corrected chi connectivity index (χ2v) is 5.47. The van der Waals surface area contributed by atoms with Crippen LogP contribution in [0.5, 0.6) is 0 Å². The van der Waals surface area contributed by atoms with Gasteiger partial charge in [0.05, 0.1) is 0 Å². The normalized spacial score (nSPS) is 14.5. The summed E-state index contributed by atoms with van der Waals surface area (Å²) in [5, 5.41) is 0. The molecule has 0 spiro atoms.